The number of nitriles is 1. The van der Waals surface area contributed by atoms with Gasteiger partial charge in [-0.05, 0) is 49.7 Å². The van der Waals surface area contributed by atoms with E-state index in [1.807, 2.05) is 32.6 Å². The lowest BCUT2D eigenvalue weighted by molar-refractivity contribution is 0.00248. The summed E-state index contributed by atoms with van der Waals surface area (Å²) in [6.07, 6.45) is 1.33. The van der Waals surface area contributed by atoms with Crippen LogP contribution in [0, 0.1) is 11.3 Å². The quantitative estimate of drug-likeness (QED) is 0.787. The number of likely N-dealkylation sites (N-methyl/N-ethyl adjacent to an activating group) is 1. The zero-order chi connectivity index (χ0) is 17.4. The molecule has 7 heteroatoms. The van der Waals surface area contributed by atoms with Gasteiger partial charge < -0.3 is 14.5 Å². The molecular weight excluding hydrogens is 360 g/mol. The predicted octanol–water partition coefficient (Wildman–Crippen LogP) is 3.16. The Morgan fingerprint density at radius 2 is 2.13 bits per heavy atom. The van der Waals surface area contributed by atoms with Crippen LogP contribution in [-0.2, 0) is 4.74 Å². The fraction of sp³-hybridized carbons (Fsp3) is 0.562. The van der Waals surface area contributed by atoms with Crippen LogP contribution in [0.15, 0.2) is 16.7 Å². The Kier molecular flexibility index (Phi) is 4.58. The molecule has 1 aromatic rings. The lowest BCUT2D eigenvalue weighted by Gasteiger charge is -2.53. The van der Waals surface area contributed by atoms with Gasteiger partial charge in [0.15, 0.2) is 0 Å². The molecule has 2 heterocycles. The Morgan fingerprint density at radius 1 is 1.52 bits per heavy atom. The molecule has 0 N–H and O–H groups in total. The third-order valence-corrected chi connectivity index (χ3v) is 4.23. The van der Waals surface area contributed by atoms with E-state index in [9.17, 15) is 10.1 Å². The lowest BCUT2D eigenvalue weighted by atomic mass is 9.90. The minimum atomic E-state index is -0.521. The first kappa shape index (κ1) is 17.5. The van der Waals surface area contributed by atoms with E-state index in [-0.39, 0.29) is 11.6 Å². The summed E-state index contributed by atoms with van der Waals surface area (Å²) in [5.74, 6) is 0.644. The molecule has 0 spiro atoms. The molecule has 1 saturated heterocycles. The third-order valence-electron chi connectivity index (χ3n) is 3.79. The standard InChI is InChI=1S/C16H21BrN4O2/c1-15(2,3)23-14(22)20(5)16(4)9-21(10-16)13-11(7-18)6-12(17)8-19-13/h6,8H,9-10H2,1-5H3. The van der Waals surface area contributed by atoms with Crippen LogP contribution in [0.3, 0.4) is 0 Å². The maximum atomic E-state index is 12.2. The second-order valence-corrected chi connectivity index (χ2v) is 7.94. The highest BCUT2D eigenvalue weighted by Crippen LogP contribution is 2.33. The van der Waals surface area contributed by atoms with Crippen LogP contribution in [0.4, 0.5) is 10.6 Å². The Labute approximate surface area is 145 Å². The zero-order valence-corrected chi connectivity index (χ0v) is 15.6. The number of pyridine rings is 1. The van der Waals surface area contributed by atoms with Crippen molar-refractivity contribution >= 4 is 27.8 Å². The van der Waals surface area contributed by atoms with E-state index in [0.717, 1.165) is 4.47 Å². The van der Waals surface area contributed by atoms with Crippen LogP contribution in [-0.4, -0.2) is 47.3 Å². The Bertz CT molecular complexity index is 657. The molecule has 0 unspecified atom stereocenters. The molecule has 1 aliphatic heterocycles. The summed E-state index contributed by atoms with van der Waals surface area (Å²) >= 11 is 3.32. The molecule has 0 aromatic carbocycles. The maximum Gasteiger partial charge on any atom is 0.410 e. The van der Waals surface area contributed by atoms with Crippen molar-refractivity contribution in [3.8, 4) is 6.07 Å². The first-order valence-corrected chi connectivity index (χ1v) is 8.12. The van der Waals surface area contributed by atoms with Gasteiger partial charge >= 0.3 is 6.09 Å². The van der Waals surface area contributed by atoms with Crippen LogP contribution in [0.1, 0.15) is 33.3 Å². The van der Waals surface area contributed by atoms with Crippen molar-refractivity contribution in [2.75, 3.05) is 25.0 Å². The van der Waals surface area contributed by atoms with Gasteiger partial charge in [0.05, 0.1) is 11.1 Å². The van der Waals surface area contributed by atoms with Gasteiger partial charge in [-0.25, -0.2) is 9.78 Å². The Balaban J connectivity index is 2.08. The Hall–Kier alpha value is -1.81. The monoisotopic (exact) mass is 380 g/mol. The molecule has 23 heavy (non-hydrogen) atoms. The summed E-state index contributed by atoms with van der Waals surface area (Å²) in [5.41, 5.74) is -0.350. The molecule has 0 aliphatic carbocycles. The summed E-state index contributed by atoms with van der Waals surface area (Å²) in [6.45, 7) is 8.74. The maximum absolute atomic E-state index is 12.2. The minimum absolute atomic E-state index is 0.343. The number of hydrogen-bond donors (Lipinski definition) is 0. The number of hydrogen-bond acceptors (Lipinski definition) is 5. The number of anilines is 1. The molecule has 2 rings (SSSR count). The molecule has 0 saturated carbocycles. The molecule has 0 atom stereocenters. The summed E-state index contributed by atoms with van der Waals surface area (Å²) in [4.78, 5) is 20.2. The van der Waals surface area contributed by atoms with Gasteiger partial charge in [-0.2, -0.15) is 5.26 Å². The second-order valence-electron chi connectivity index (χ2n) is 7.03. The van der Waals surface area contributed by atoms with Gasteiger partial charge in [0.1, 0.15) is 17.5 Å². The van der Waals surface area contributed by atoms with Gasteiger partial charge in [0.25, 0.3) is 0 Å². The average molecular weight is 381 g/mol. The molecule has 1 aromatic heterocycles. The number of carbonyl (C=O) groups is 1. The van der Waals surface area contributed by atoms with Gasteiger partial charge in [-0.3, -0.25) is 0 Å². The summed E-state index contributed by atoms with van der Waals surface area (Å²) in [5, 5.41) is 9.24. The van der Waals surface area contributed by atoms with Gasteiger partial charge in [0.2, 0.25) is 0 Å². The van der Waals surface area contributed by atoms with Crippen molar-refractivity contribution in [3.05, 3.63) is 22.3 Å². The van der Waals surface area contributed by atoms with E-state index in [1.165, 1.54) is 0 Å². The summed E-state index contributed by atoms with van der Waals surface area (Å²) < 4.78 is 6.19. The van der Waals surface area contributed by atoms with Gasteiger partial charge in [-0.15, -0.1) is 0 Å². The molecule has 1 fully saturated rings. The number of rotatable bonds is 2. The zero-order valence-electron chi connectivity index (χ0n) is 14.1. The fourth-order valence-electron chi connectivity index (χ4n) is 2.46. The SMILES string of the molecule is CN(C(=O)OC(C)(C)C)C1(C)CN(c2ncc(Br)cc2C#N)C1. The number of ether oxygens (including phenoxy) is 1. The first-order chi connectivity index (χ1) is 10.6. The normalized spacial score (nSPS) is 16.3. The molecule has 1 aliphatic rings. The highest BCUT2D eigenvalue weighted by molar-refractivity contribution is 9.10. The van der Waals surface area contributed by atoms with E-state index in [0.29, 0.717) is 24.5 Å². The molecular formula is C16H21BrN4O2. The number of carbonyl (C=O) groups excluding carboxylic acids is 1. The van der Waals surface area contributed by atoms with Crippen molar-refractivity contribution in [1.29, 1.82) is 5.26 Å². The van der Waals surface area contributed by atoms with E-state index < -0.39 is 5.60 Å². The van der Waals surface area contributed by atoms with Crippen molar-refractivity contribution in [2.45, 2.75) is 38.8 Å². The van der Waals surface area contributed by atoms with E-state index in [2.05, 4.69) is 27.0 Å². The van der Waals surface area contributed by atoms with Crippen LogP contribution in [0.25, 0.3) is 0 Å². The van der Waals surface area contributed by atoms with Gasteiger partial charge in [-0.1, -0.05) is 0 Å². The van der Waals surface area contributed by atoms with Crippen LogP contribution in [0.2, 0.25) is 0 Å². The number of aromatic nitrogens is 1. The molecule has 6 nitrogen and oxygen atoms in total. The lowest BCUT2D eigenvalue weighted by Crippen LogP contribution is -2.69. The topological polar surface area (TPSA) is 69.5 Å². The van der Waals surface area contributed by atoms with E-state index >= 15 is 0 Å². The van der Waals surface area contributed by atoms with Gasteiger partial charge in [0, 0.05) is 30.8 Å². The molecule has 124 valence electrons. The molecule has 1 amide bonds. The summed E-state index contributed by atoms with van der Waals surface area (Å²) in [7, 11) is 1.74. The first-order valence-electron chi connectivity index (χ1n) is 7.33. The third kappa shape index (κ3) is 3.75. The van der Waals surface area contributed by atoms with E-state index in [1.54, 1.807) is 24.2 Å². The van der Waals surface area contributed by atoms with Crippen molar-refractivity contribution in [2.24, 2.45) is 0 Å². The Morgan fingerprint density at radius 3 is 2.65 bits per heavy atom. The van der Waals surface area contributed by atoms with Crippen molar-refractivity contribution in [1.82, 2.24) is 9.88 Å². The number of amides is 1. The van der Waals surface area contributed by atoms with Crippen LogP contribution in [0.5, 0.6) is 0 Å². The highest BCUT2D eigenvalue weighted by Gasteiger charge is 2.46. The van der Waals surface area contributed by atoms with Crippen molar-refractivity contribution in [3.63, 3.8) is 0 Å². The molecule has 0 bridgehead atoms. The average Bonchev–Trinajstić information content (AvgIpc) is 2.41. The van der Waals surface area contributed by atoms with Crippen molar-refractivity contribution < 1.29 is 9.53 Å². The molecule has 0 radical (unpaired) electrons. The smallest absolute Gasteiger partial charge is 0.410 e. The number of halogens is 1. The largest absolute Gasteiger partial charge is 0.444 e. The fourth-order valence-corrected chi connectivity index (χ4v) is 2.79. The predicted molar refractivity (Wildman–Crippen MR) is 91.3 cm³/mol. The number of nitrogens with zero attached hydrogens (tertiary/aromatic N) is 4. The minimum Gasteiger partial charge on any atom is -0.444 e. The van der Waals surface area contributed by atoms with E-state index in [4.69, 9.17) is 4.74 Å². The second kappa shape index (κ2) is 6.00. The van der Waals surface area contributed by atoms with Crippen LogP contribution >= 0.6 is 15.9 Å². The summed E-state index contributed by atoms with van der Waals surface area (Å²) in [6, 6.07) is 3.90. The van der Waals surface area contributed by atoms with Crippen LogP contribution < -0.4 is 4.90 Å². The highest BCUT2D eigenvalue weighted by atomic mass is 79.9.